The van der Waals surface area contributed by atoms with Gasteiger partial charge in [0, 0.05) is 24.0 Å². The topological polar surface area (TPSA) is 75.1 Å². The predicted molar refractivity (Wildman–Crippen MR) is 67.8 cm³/mol. The molecule has 0 aliphatic carbocycles. The molecule has 2 N–H and O–H groups in total. The van der Waals surface area contributed by atoms with Crippen LogP contribution in [0.3, 0.4) is 0 Å². The molecule has 0 fully saturated rings. The highest BCUT2D eigenvalue weighted by Gasteiger charge is 2.04. The molecule has 0 radical (unpaired) electrons. The molecule has 0 saturated heterocycles. The number of anilines is 1. The Hall–Kier alpha value is -2.14. The average Bonchev–Trinajstić information content (AvgIpc) is 2.38. The summed E-state index contributed by atoms with van der Waals surface area (Å²) in [7, 11) is 0. The van der Waals surface area contributed by atoms with Gasteiger partial charge in [-0.25, -0.2) is 14.8 Å². The van der Waals surface area contributed by atoms with Gasteiger partial charge in [-0.2, -0.15) is 0 Å². The molecule has 1 aromatic carbocycles. The number of benzene rings is 1. The highest BCUT2D eigenvalue weighted by atomic mass is 35.5. The minimum atomic E-state index is -1.05. The maximum Gasteiger partial charge on any atom is 0.338 e. The number of rotatable bonds is 4. The van der Waals surface area contributed by atoms with E-state index in [0.717, 1.165) is 5.56 Å². The van der Waals surface area contributed by atoms with E-state index in [2.05, 4.69) is 15.3 Å². The Bertz CT molecular complexity index is 558. The summed E-state index contributed by atoms with van der Waals surface area (Å²) in [4.78, 5) is 18.4. The van der Waals surface area contributed by atoms with Crippen LogP contribution in [0.5, 0.6) is 0 Å². The van der Waals surface area contributed by atoms with Gasteiger partial charge < -0.3 is 10.4 Å². The highest BCUT2D eigenvalue weighted by molar-refractivity contribution is 6.31. The zero-order chi connectivity index (χ0) is 13.0. The molecular weight excluding hydrogens is 254 g/mol. The standard InChI is InChI=1S/C12H10ClN3O2/c13-10-4-2-1-3-8(10)5-14-12-15-6-9(7-16-12)11(17)18/h1-4,6-7H,5H2,(H,17,18)(H,14,15,16). The van der Waals surface area contributed by atoms with Gasteiger partial charge in [0.25, 0.3) is 0 Å². The first-order chi connectivity index (χ1) is 8.66. The molecule has 0 unspecified atom stereocenters. The number of halogens is 1. The van der Waals surface area contributed by atoms with Gasteiger partial charge in [0.2, 0.25) is 5.95 Å². The van der Waals surface area contributed by atoms with Crippen LogP contribution < -0.4 is 5.32 Å². The Balaban J connectivity index is 2.02. The van der Waals surface area contributed by atoms with Gasteiger partial charge in [0.05, 0.1) is 5.56 Å². The third kappa shape index (κ3) is 2.95. The van der Waals surface area contributed by atoms with Gasteiger partial charge in [0.1, 0.15) is 0 Å². The minimum Gasteiger partial charge on any atom is -0.478 e. The Kier molecular flexibility index (Phi) is 3.74. The summed E-state index contributed by atoms with van der Waals surface area (Å²) in [6.45, 7) is 0.478. The number of aromatic nitrogens is 2. The molecule has 0 aliphatic rings. The van der Waals surface area contributed by atoms with E-state index >= 15 is 0 Å². The second kappa shape index (κ2) is 5.46. The molecule has 2 aromatic rings. The maximum atomic E-state index is 10.6. The molecule has 0 atom stereocenters. The highest BCUT2D eigenvalue weighted by Crippen LogP contribution is 2.15. The number of aromatic carboxylic acids is 1. The van der Waals surface area contributed by atoms with Gasteiger partial charge in [-0.15, -0.1) is 0 Å². The van der Waals surface area contributed by atoms with Crippen LogP contribution in [0.15, 0.2) is 36.7 Å². The molecule has 2 rings (SSSR count). The van der Waals surface area contributed by atoms with Crippen molar-refractivity contribution in [2.45, 2.75) is 6.54 Å². The Morgan fingerprint density at radius 2 is 1.94 bits per heavy atom. The number of hydrogen-bond acceptors (Lipinski definition) is 4. The first-order valence-corrected chi connectivity index (χ1v) is 5.57. The number of hydrogen-bond donors (Lipinski definition) is 2. The van der Waals surface area contributed by atoms with Crippen LogP contribution in [0.25, 0.3) is 0 Å². The fraction of sp³-hybridized carbons (Fsp3) is 0.0833. The van der Waals surface area contributed by atoms with Crippen molar-refractivity contribution in [3.8, 4) is 0 Å². The lowest BCUT2D eigenvalue weighted by Crippen LogP contribution is -2.05. The number of nitrogens with zero attached hydrogens (tertiary/aromatic N) is 2. The van der Waals surface area contributed by atoms with Crippen LogP contribution in [0.1, 0.15) is 15.9 Å². The molecule has 0 saturated carbocycles. The van der Waals surface area contributed by atoms with Crippen LogP contribution in [0.2, 0.25) is 5.02 Å². The first-order valence-electron chi connectivity index (χ1n) is 5.19. The third-order valence-electron chi connectivity index (χ3n) is 2.29. The minimum absolute atomic E-state index is 0.0540. The van der Waals surface area contributed by atoms with E-state index in [1.54, 1.807) is 6.07 Å². The smallest absolute Gasteiger partial charge is 0.338 e. The van der Waals surface area contributed by atoms with Crippen LogP contribution in [-0.4, -0.2) is 21.0 Å². The van der Waals surface area contributed by atoms with Crippen LogP contribution >= 0.6 is 11.6 Å². The lowest BCUT2D eigenvalue weighted by molar-refractivity contribution is 0.0696. The fourth-order valence-corrected chi connectivity index (χ4v) is 1.55. The normalized spacial score (nSPS) is 10.1. The Labute approximate surface area is 108 Å². The largest absolute Gasteiger partial charge is 0.478 e. The van der Waals surface area contributed by atoms with Crippen molar-refractivity contribution in [1.29, 1.82) is 0 Å². The molecule has 6 heteroatoms. The van der Waals surface area contributed by atoms with E-state index in [1.807, 2.05) is 18.2 Å². The summed E-state index contributed by atoms with van der Waals surface area (Å²) >= 11 is 6.00. The summed E-state index contributed by atoms with van der Waals surface area (Å²) in [6, 6.07) is 7.43. The van der Waals surface area contributed by atoms with E-state index in [-0.39, 0.29) is 5.56 Å². The van der Waals surface area contributed by atoms with Gasteiger partial charge >= 0.3 is 5.97 Å². The van der Waals surface area contributed by atoms with E-state index < -0.39 is 5.97 Å². The Morgan fingerprint density at radius 1 is 1.28 bits per heavy atom. The van der Waals surface area contributed by atoms with Crippen molar-refractivity contribution in [2.24, 2.45) is 0 Å². The lowest BCUT2D eigenvalue weighted by atomic mass is 10.2. The van der Waals surface area contributed by atoms with Crippen LogP contribution in [0.4, 0.5) is 5.95 Å². The molecule has 5 nitrogen and oxygen atoms in total. The average molecular weight is 264 g/mol. The summed E-state index contributed by atoms with van der Waals surface area (Å²) in [5.74, 6) is -0.687. The van der Waals surface area contributed by atoms with E-state index in [4.69, 9.17) is 16.7 Å². The first kappa shape index (κ1) is 12.3. The molecule has 92 valence electrons. The summed E-state index contributed by atoms with van der Waals surface area (Å²) in [5.41, 5.74) is 0.975. The predicted octanol–water partition coefficient (Wildman–Crippen LogP) is 2.44. The zero-order valence-electron chi connectivity index (χ0n) is 9.30. The SMILES string of the molecule is O=C(O)c1cnc(NCc2ccccc2Cl)nc1. The molecule has 0 aliphatic heterocycles. The monoisotopic (exact) mass is 263 g/mol. The summed E-state index contributed by atoms with van der Waals surface area (Å²) < 4.78 is 0. The molecular formula is C12H10ClN3O2. The van der Waals surface area contributed by atoms with E-state index in [0.29, 0.717) is 17.5 Å². The van der Waals surface area contributed by atoms with Gasteiger partial charge in [-0.05, 0) is 11.6 Å². The van der Waals surface area contributed by atoms with Gasteiger partial charge in [0.15, 0.2) is 0 Å². The number of carbonyl (C=O) groups is 1. The van der Waals surface area contributed by atoms with Crippen molar-refractivity contribution in [1.82, 2.24) is 9.97 Å². The number of carboxylic acid groups (broad SMARTS) is 1. The van der Waals surface area contributed by atoms with Crippen molar-refractivity contribution >= 4 is 23.5 Å². The molecule has 1 aromatic heterocycles. The van der Waals surface area contributed by atoms with Gasteiger partial charge in [-0.3, -0.25) is 0 Å². The third-order valence-corrected chi connectivity index (χ3v) is 2.66. The zero-order valence-corrected chi connectivity index (χ0v) is 10.1. The molecule has 0 bridgehead atoms. The maximum absolute atomic E-state index is 10.6. The van der Waals surface area contributed by atoms with Gasteiger partial charge in [-0.1, -0.05) is 29.8 Å². The lowest BCUT2D eigenvalue weighted by Gasteiger charge is -2.06. The van der Waals surface area contributed by atoms with Crippen molar-refractivity contribution in [3.63, 3.8) is 0 Å². The second-order valence-corrected chi connectivity index (χ2v) is 3.95. The van der Waals surface area contributed by atoms with Crippen LogP contribution in [0, 0.1) is 0 Å². The Morgan fingerprint density at radius 3 is 2.56 bits per heavy atom. The number of carboxylic acids is 1. The van der Waals surface area contributed by atoms with Crippen molar-refractivity contribution in [3.05, 3.63) is 52.8 Å². The van der Waals surface area contributed by atoms with E-state index in [1.165, 1.54) is 12.4 Å². The quantitative estimate of drug-likeness (QED) is 0.886. The van der Waals surface area contributed by atoms with Crippen molar-refractivity contribution < 1.29 is 9.90 Å². The molecule has 0 spiro atoms. The molecule has 1 heterocycles. The molecule has 0 amide bonds. The van der Waals surface area contributed by atoms with E-state index in [9.17, 15) is 4.79 Å². The van der Waals surface area contributed by atoms with Crippen LogP contribution in [-0.2, 0) is 6.54 Å². The summed E-state index contributed by atoms with van der Waals surface area (Å²) in [6.07, 6.45) is 2.51. The molecule has 18 heavy (non-hydrogen) atoms. The fourth-order valence-electron chi connectivity index (χ4n) is 1.35. The number of nitrogens with one attached hydrogen (secondary N) is 1. The van der Waals surface area contributed by atoms with Crippen molar-refractivity contribution in [2.75, 3.05) is 5.32 Å². The second-order valence-electron chi connectivity index (χ2n) is 3.55. The summed E-state index contributed by atoms with van der Waals surface area (Å²) in [5, 5.41) is 12.3.